The van der Waals surface area contributed by atoms with Gasteiger partial charge in [0.1, 0.15) is 11.4 Å². The van der Waals surface area contributed by atoms with E-state index in [1.807, 2.05) is 30.3 Å². The molecule has 1 aliphatic heterocycles. The minimum Gasteiger partial charge on any atom is -0.494 e. The number of methoxy groups -OCH3 is 1. The third-order valence-electron chi connectivity index (χ3n) is 5.09. The SMILES string of the molecule is CCN1CCCN(C(=O)Nc2cnccn2)c2nc(-c3cccc(Cl)c3)cc(OC)c21. The van der Waals surface area contributed by atoms with E-state index in [0.29, 0.717) is 34.6 Å². The van der Waals surface area contributed by atoms with Crippen molar-refractivity contribution in [3.63, 3.8) is 0 Å². The van der Waals surface area contributed by atoms with Gasteiger partial charge in [0.25, 0.3) is 0 Å². The van der Waals surface area contributed by atoms with Crippen LogP contribution in [0.25, 0.3) is 11.3 Å². The Morgan fingerprint density at radius 1 is 1.26 bits per heavy atom. The maximum absolute atomic E-state index is 13.2. The fourth-order valence-electron chi connectivity index (χ4n) is 3.63. The molecular weight excluding hydrogens is 416 g/mol. The summed E-state index contributed by atoms with van der Waals surface area (Å²) >= 11 is 6.20. The van der Waals surface area contributed by atoms with Gasteiger partial charge in [0.15, 0.2) is 11.6 Å². The average molecular weight is 439 g/mol. The molecule has 8 nitrogen and oxygen atoms in total. The second-order valence-electron chi connectivity index (χ2n) is 7.00. The van der Waals surface area contributed by atoms with Gasteiger partial charge >= 0.3 is 6.03 Å². The summed E-state index contributed by atoms with van der Waals surface area (Å²) in [5.74, 6) is 1.57. The zero-order valence-electron chi connectivity index (χ0n) is 17.4. The van der Waals surface area contributed by atoms with Gasteiger partial charge in [0.2, 0.25) is 0 Å². The third-order valence-corrected chi connectivity index (χ3v) is 5.32. The number of benzene rings is 1. The number of nitrogens with zero attached hydrogens (tertiary/aromatic N) is 5. The second kappa shape index (κ2) is 9.18. The molecule has 0 spiro atoms. The highest BCUT2D eigenvalue weighted by molar-refractivity contribution is 6.30. The van der Waals surface area contributed by atoms with E-state index in [9.17, 15) is 4.79 Å². The summed E-state index contributed by atoms with van der Waals surface area (Å²) in [7, 11) is 1.63. The Kier molecular flexibility index (Phi) is 6.18. The first-order valence-corrected chi connectivity index (χ1v) is 10.4. The van der Waals surface area contributed by atoms with Crippen LogP contribution in [-0.2, 0) is 0 Å². The highest BCUT2D eigenvalue weighted by Gasteiger charge is 2.30. The standard InChI is InChI=1S/C22H23ClN6O2/c1-3-28-10-5-11-29(22(30)27-19-14-24-8-9-25-19)21-20(28)18(31-2)13-17(26-21)15-6-4-7-16(23)12-15/h4,6-9,12-14H,3,5,10-11H2,1-2H3,(H,25,27,30). The van der Waals surface area contributed by atoms with Crippen LogP contribution in [0.2, 0.25) is 5.02 Å². The molecule has 0 saturated heterocycles. The molecule has 9 heteroatoms. The first kappa shape index (κ1) is 20.9. The van der Waals surface area contributed by atoms with Crippen molar-refractivity contribution >= 4 is 35.0 Å². The lowest BCUT2D eigenvalue weighted by Gasteiger charge is -2.27. The Hall–Kier alpha value is -3.39. The molecule has 1 aliphatic rings. The van der Waals surface area contributed by atoms with Crippen molar-refractivity contribution in [3.05, 3.63) is 53.9 Å². The fraction of sp³-hybridized carbons (Fsp3) is 0.273. The van der Waals surface area contributed by atoms with Gasteiger partial charge in [0.05, 0.1) is 19.0 Å². The van der Waals surface area contributed by atoms with Gasteiger partial charge in [-0.05, 0) is 25.5 Å². The maximum Gasteiger partial charge on any atom is 0.328 e. The van der Waals surface area contributed by atoms with Crippen molar-refractivity contribution in [2.75, 3.05) is 41.9 Å². The Balaban J connectivity index is 1.82. The molecule has 4 rings (SSSR count). The number of carbonyl (C=O) groups is 1. The molecule has 0 fully saturated rings. The summed E-state index contributed by atoms with van der Waals surface area (Å²) in [6.45, 7) is 4.13. The molecule has 0 bridgehead atoms. The van der Waals surface area contributed by atoms with Gasteiger partial charge in [-0.15, -0.1) is 0 Å². The number of halogens is 1. The molecule has 0 unspecified atom stereocenters. The Morgan fingerprint density at radius 2 is 2.13 bits per heavy atom. The van der Waals surface area contributed by atoms with Crippen molar-refractivity contribution in [1.82, 2.24) is 15.0 Å². The summed E-state index contributed by atoms with van der Waals surface area (Å²) in [6.07, 6.45) is 5.38. The quantitative estimate of drug-likeness (QED) is 0.647. The predicted molar refractivity (Wildman–Crippen MR) is 122 cm³/mol. The molecule has 31 heavy (non-hydrogen) atoms. The number of carbonyl (C=O) groups excluding carboxylic acids is 1. The summed E-state index contributed by atoms with van der Waals surface area (Å²) in [6, 6.07) is 9.01. The summed E-state index contributed by atoms with van der Waals surface area (Å²) in [5.41, 5.74) is 2.31. The molecule has 0 atom stereocenters. The smallest absolute Gasteiger partial charge is 0.328 e. The number of nitrogens with one attached hydrogen (secondary N) is 1. The third kappa shape index (κ3) is 4.39. The highest BCUT2D eigenvalue weighted by atomic mass is 35.5. The summed E-state index contributed by atoms with van der Waals surface area (Å²) in [5, 5.41) is 3.42. The van der Waals surface area contributed by atoms with Gasteiger partial charge in [0, 0.05) is 48.7 Å². The first-order valence-electron chi connectivity index (χ1n) is 10.0. The lowest BCUT2D eigenvalue weighted by molar-refractivity contribution is 0.256. The van der Waals surface area contributed by atoms with Crippen LogP contribution in [0.4, 0.5) is 22.1 Å². The van der Waals surface area contributed by atoms with Crippen LogP contribution in [0.1, 0.15) is 13.3 Å². The number of pyridine rings is 1. The van der Waals surface area contributed by atoms with E-state index in [1.54, 1.807) is 18.2 Å². The molecule has 2 amide bonds. The zero-order valence-corrected chi connectivity index (χ0v) is 18.1. The van der Waals surface area contributed by atoms with Crippen LogP contribution < -0.4 is 19.9 Å². The van der Waals surface area contributed by atoms with Gasteiger partial charge in [-0.2, -0.15) is 0 Å². The molecule has 0 saturated carbocycles. The van der Waals surface area contributed by atoms with E-state index in [1.165, 1.54) is 12.4 Å². The Morgan fingerprint density at radius 3 is 2.84 bits per heavy atom. The van der Waals surface area contributed by atoms with Crippen molar-refractivity contribution in [3.8, 4) is 17.0 Å². The second-order valence-corrected chi connectivity index (χ2v) is 7.43. The molecule has 0 aliphatic carbocycles. The number of aromatic nitrogens is 3. The van der Waals surface area contributed by atoms with Gasteiger partial charge in [-0.25, -0.2) is 14.8 Å². The Labute approximate surface area is 185 Å². The predicted octanol–water partition coefficient (Wildman–Crippen LogP) is 4.47. The topological polar surface area (TPSA) is 83.5 Å². The van der Waals surface area contributed by atoms with Crippen LogP contribution in [0, 0.1) is 0 Å². The average Bonchev–Trinajstić information content (AvgIpc) is 2.98. The van der Waals surface area contributed by atoms with Gasteiger partial charge < -0.3 is 9.64 Å². The van der Waals surface area contributed by atoms with Crippen LogP contribution in [-0.4, -0.2) is 47.7 Å². The normalized spacial score (nSPS) is 13.4. The van der Waals surface area contributed by atoms with Crippen LogP contribution in [0.5, 0.6) is 5.75 Å². The first-order chi connectivity index (χ1) is 15.1. The van der Waals surface area contributed by atoms with Gasteiger partial charge in [-0.1, -0.05) is 23.7 Å². The number of hydrogen-bond donors (Lipinski definition) is 1. The van der Waals surface area contributed by atoms with E-state index < -0.39 is 0 Å². The van der Waals surface area contributed by atoms with E-state index in [4.69, 9.17) is 21.3 Å². The number of amides is 2. The minimum absolute atomic E-state index is 0.322. The monoisotopic (exact) mass is 438 g/mol. The van der Waals surface area contributed by atoms with E-state index in [2.05, 4.69) is 27.1 Å². The minimum atomic E-state index is -0.322. The molecule has 3 heterocycles. The highest BCUT2D eigenvalue weighted by Crippen LogP contribution is 2.41. The number of fused-ring (bicyclic) bond motifs is 1. The Bertz CT molecular complexity index is 1080. The van der Waals surface area contributed by atoms with Crippen LogP contribution in [0.15, 0.2) is 48.9 Å². The van der Waals surface area contributed by atoms with Crippen LogP contribution >= 0.6 is 11.6 Å². The number of rotatable bonds is 4. The van der Waals surface area contributed by atoms with Crippen molar-refractivity contribution in [1.29, 1.82) is 0 Å². The van der Waals surface area contributed by atoms with E-state index in [-0.39, 0.29) is 6.03 Å². The van der Waals surface area contributed by atoms with Crippen molar-refractivity contribution in [2.24, 2.45) is 0 Å². The molecule has 0 radical (unpaired) electrons. The van der Waals surface area contributed by atoms with Crippen molar-refractivity contribution < 1.29 is 9.53 Å². The molecular formula is C22H23ClN6O2. The summed E-state index contributed by atoms with van der Waals surface area (Å²) < 4.78 is 5.74. The van der Waals surface area contributed by atoms with E-state index in [0.717, 1.165) is 30.8 Å². The van der Waals surface area contributed by atoms with Crippen LogP contribution in [0.3, 0.4) is 0 Å². The number of ether oxygens (including phenoxy) is 1. The molecule has 1 aromatic carbocycles. The molecule has 1 N–H and O–H groups in total. The zero-order chi connectivity index (χ0) is 21.8. The maximum atomic E-state index is 13.2. The van der Waals surface area contributed by atoms with Gasteiger partial charge in [-0.3, -0.25) is 15.2 Å². The summed E-state index contributed by atoms with van der Waals surface area (Å²) in [4.78, 5) is 30.1. The van der Waals surface area contributed by atoms with Crippen molar-refractivity contribution in [2.45, 2.75) is 13.3 Å². The number of urea groups is 1. The number of anilines is 3. The fourth-order valence-corrected chi connectivity index (χ4v) is 3.82. The number of hydrogen-bond acceptors (Lipinski definition) is 6. The molecule has 160 valence electrons. The largest absolute Gasteiger partial charge is 0.494 e. The molecule has 3 aromatic rings. The lowest BCUT2D eigenvalue weighted by Crippen LogP contribution is -2.36. The lowest BCUT2D eigenvalue weighted by atomic mass is 10.1. The molecule has 2 aromatic heterocycles. The van der Waals surface area contributed by atoms with E-state index >= 15 is 0 Å².